The van der Waals surface area contributed by atoms with Crippen LogP contribution >= 0.6 is 11.8 Å². The third-order valence-corrected chi connectivity index (χ3v) is 4.16. The first-order valence-electron chi connectivity index (χ1n) is 5.51. The lowest BCUT2D eigenvalue weighted by atomic mass is 10.1. The van der Waals surface area contributed by atoms with Gasteiger partial charge in [-0.25, -0.2) is 8.78 Å². The molecule has 0 heterocycles. The Labute approximate surface area is 105 Å². The van der Waals surface area contributed by atoms with Gasteiger partial charge in [-0.3, -0.25) is 4.79 Å². The molecule has 94 valence electrons. The smallest absolute Gasteiger partial charge is 0.172 e. The van der Waals surface area contributed by atoms with Gasteiger partial charge < -0.3 is 0 Å². The minimum absolute atomic E-state index is 0.165. The van der Waals surface area contributed by atoms with Crippen LogP contribution in [-0.2, 0) is 0 Å². The van der Waals surface area contributed by atoms with E-state index in [1.807, 2.05) is 6.92 Å². The number of rotatable bonds is 5. The molecule has 0 amide bonds. The van der Waals surface area contributed by atoms with Crippen molar-refractivity contribution in [2.45, 2.75) is 26.0 Å². The Morgan fingerprint density at radius 2 is 1.88 bits per heavy atom. The van der Waals surface area contributed by atoms with Crippen LogP contribution in [0.2, 0.25) is 0 Å². The summed E-state index contributed by atoms with van der Waals surface area (Å²) in [5.41, 5.74) is 0.229. The molecule has 0 aliphatic heterocycles. The van der Waals surface area contributed by atoms with E-state index in [4.69, 9.17) is 0 Å². The standard InChI is InChI=1S/C13H16F2OS/c1-8(2)9(3)17-7-13(16)10-4-5-11(14)12(15)6-10/h4-6,8-9H,7H2,1-3H3. The lowest BCUT2D eigenvalue weighted by molar-refractivity contribution is 0.102. The first-order chi connectivity index (χ1) is 7.91. The maximum Gasteiger partial charge on any atom is 0.172 e. The van der Waals surface area contributed by atoms with Crippen molar-refractivity contribution in [1.82, 2.24) is 0 Å². The summed E-state index contributed by atoms with van der Waals surface area (Å²) < 4.78 is 25.6. The van der Waals surface area contributed by atoms with Gasteiger partial charge in [-0.2, -0.15) is 11.8 Å². The molecule has 0 N–H and O–H groups in total. The summed E-state index contributed by atoms with van der Waals surface area (Å²) in [5.74, 6) is -1.29. The molecule has 0 aliphatic rings. The Kier molecular flexibility index (Phi) is 5.12. The quantitative estimate of drug-likeness (QED) is 0.744. The molecule has 0 spiro atoms. The van der Waals surface area contributed by atoms with Crippen LogP contribution in [0.25, 0.3) is 0 Å². The van der Waals surface area contributed by atoms with Crippen LogP contribution in [0.1, 0.15) is 31.1 Å². The summed E-state index contributed by atoms with van der Waals surface area (Å²) in [6.45, 7) is 6.22. The molecule has 1 aromatic rings. The number of carbonyl (C=O) groups excluding carboxylic acids is 1. The van der Waals surface area contributed by atoms with E-state index in [0.29, 0.717) is 16.9 Å². The molecule has 0 aliphatic carbocycles. The highest BCUT2D eigenvalue weighted by molar-refractivity contribution is 8.00. The first-order valence-corrected chi connectivity index (χ1v) is 6.56. The highest BCUT2D eigenvalue weighted by Crippen LogP contribution is 2.20. The van der Waals surface area contributed by atoms with Crippen molar-refractivity contribution in [1.29, 1.82) is 0 Å². The molecule has 1 unspecified atom stereocenters. The largest absolute Gasteiger partial charge is 0.293 e. The molecular weight excluding hydrogens is 242 g/mol. The van der Waals surface area contributed by atoms with Crippen LogP contribution in [0.4, 0.5) is 8.78 Å². The van der Waals surface area contributed by atoms with Gasteiger partial charge in [0, 0.05) is 10.8 Å². The van der Waals surface area contributed by atoms with E-state index < -0.39 is 11.6 Å². The highest BCUT2D eigenvalue weighted by atomic mass is 32.2. The van der Waals surface area contributed by atoms with Crippen molar-refractivity contribution in [2.24, 2.45) is 5.92 Å². The van der Waals surface area contributed by atoms with Gasteiger partial charge in [0.05, 0.1) is 5.75 Å². The number of benzene rings is 1. The van der Waals surface area contributed by atoms with Gasteiger partial charge in [-0.1, -0.05) is 20.8 Å². The number of hydrogen-bond donors (Lipinski definition) is 0. The normalized spacial score (nSPS) is 12.8. The van der Waals surface area contributed by atoms with Crippen molar-refractivity contribution in [3.8, 4) is 0 Å². The first kappa shape index (κ1) is 14.2. The van der Waals surface area contributed by atoms with Gasteiger partial charge in [0.15, 0.2) is 17.4 Å². The molecule has 0 bridgehead atoms. The average molecular weight is 258 g/mol. The Morgan fingerprint density at radius 1 is 1.24 bits per heavy atom. The lowest BCUT2D eigenvalue weighted by Crippen LogP contribution is -2.11. The zero-order chi connectivity index (χ0) is 13.0. The van der Waals surface area contributed by atoms with Crippen LogP contribution in [0.15, 0.2) is 18.2 Å². The molecule has 1 aromatic carbocycles. The monoisotopic (exact) mass is 258 g/mol. The van der Waals surface area contributed by atoms with Crippen LogP contribution in [0.3, 0.4) is 0 Å². The number of hydrogen-bond acceptors (Lipinski definition) is 2. The van der Waals surface area contributed by atoms with Gasteiger partial charge >= 0.3 is 0 Å². The minimum atomic E-state index is -0.974. The fourth-order valence-electron chi connectivity index (χ4n) is 1.15. The highest BCUT2D eigenvalue weighted by Gasteiger charge is 2.13. The molecule has 1 nitrogen and oxygen atoms in total. The summed E-state index contributed by atoms with van der Waals surface area (Å²) in [4.78, 5) is 11.7. The summed E-state index contributed by atoms with van der Waals surface area (Å²) >= 11 is 1.53. The van der Waals surface area contributed by atoms with E-state index in [2.05, 4.69) is 13.8 Å². The minimum Gasteiger partial charge on any atom is -0.293 e. The molecule has 1 atom stereocenters. The maximum absolute atomic E-state index is 12.9. The molecule has 17 heavy (non-hydrogen) atoms. The van der Waals surface area contributed by atoms with Crippen LogP contribution in [0, 0.1) is 17.6 Å². The molecule has 4 heteroatoms. The molecule has 1 rings (SSSR count). The van der Waals surface area contributed by atoms with Crippen molar-refractivity contribution in [3.05, 3.63) is 35.4 Å². The molecule has 0 radical (unpaired) electrons. The second-order valence-corrected chi connectivity index (χ2v) is 5.68. The zero-order valence-electron chi connectivity index (χ0n) is 10.2. The zero-order valence-corrected chi connectivity index (χ0v) is 11.0. The summed E-state index contributed by atoms with van der Waals surface area (Å²) in [6.07, 6.45) is 0. The Hall–Kier alpha value is -0.900. The predicted molar refractivity (Wildman–Crippen MR) is 67.4 cm³/mol. The molecule has 0 aromatic heterocycles. The van der Waals surface area contributed by atoms with Gasteiger partial charge in [0.25, 0.3) is 0 Å². The van der Waals surface area contributed by atoms with Gasteiger partial charge in [-0.05, 0) is 24.1 Å². The molecular formula is C13H16F2OS. The lowest BCUT2D eigenvalue weighted by Gasteiger charge is -2.14. The van der Waals surface area contributed by atoms with Gasteiger partial charge in [0.1, 0.15) is 0 Å². The van der Waals surface area contributed by atoms with E-state index in [1.54, 1.807) is 0 Å². The third kappa shape index (κ3) is 4.11. The number of Topliss-reactive ketones (excluding diaryl/α,β-unsaturated/α-hetero) is 1. The number of carbonyl (C=O) groups is 1. The van der Waals surface area contributed by atoms with E-state index in [9.17, 15) is 13.6 Å². The summed E-state index contributed by atoms with van der Waals surface area (Å²) in [6, 6.07) is 3.26. The van der Waals surface area contributed by atoms with Crippen molar-refractivity contribution in [3.63, 3.8) is 0 Å². The maximum atomic E-state index is 12.9. The topological polar surface area (TPSA) is 17.1 Å². The second-order valence-electron chi connectivity index (χ2n) is 4.31. The Balaban J connectivity index is 2.61. The van der Waals surface area contributed by atoms with E-state index in [0.717, 1.165) is 12.1 Å². The van der Waals surface area contributed by atoms with E-state index in [-0.39, 0.29) is 11.3 Å². The van der Waals surface area contributed by atoms with Crippen LogP contribution < -0.4 is 0 Å². The Morgan fingerprint density at radius 3 is 2.41 bits per heavy atom. The van der Waals surface area contributed by atoms with Crippen LogP contribution in [-0.4, -0.2) is 16.8 Å². The molecule has 0 fully saturated rings. The SMILES string of the molecule is CC(C)C(C)SCC(=O)c1ccc(F)c(F)c1. The second kappa shape index (κ2) is 6.15. The third-order valence-electron chi connectivity index (χ3n) is 2.66. The molecule has 0 saturated heterocycles. The fraction of sp³-hybridized carbons (Fsp3) is 0.462. The van der Waals surface area contributed by atoms with Gasteiger partial charge in [-0.15, -0.1) is 0 Å². The van der Waals surface area contributed by atoms with Crippen molar-refractivity contribution in [2.75, 3.05) is 5.75 Å². The Bertz CT molecular complexity index is 404. The van der Waals surface area contributed by atoms with Crippen LogP contribution in [0.5, 0.6) is 0 Å². The summed E-state index contributed by atoms with van der Waals surface area (Å²) in [5, 5.41) is 0.365. The molecule has 0 saturated carbocycles. The number of thioether (sulfide) groups is 1. The fourth-order valence-corrected chi connectivity index (χ4v) is 2.12. The van der Waals surface area contributed by atoms with Gasteiger partial charge in [0.2, 0.25) is 0 Å². The summed E-state index contributed by atoms with van der Waals surface area (Å²) in [7, 11) is 0. The number of halogens is 2. The predicted octanol–water partition coefficient (Wildman–Crippen LogP) is 3.93. The van der Waals surface area contributed by atoms with E-state index in [1.165, 1.54) is 17.8 Å². The van der Waals surface area contributed by atoms with E-state index >= 15 is 0 Å². The van der Waals surface area contributed by atoms with Crippen molar-refractivity contribution < 1.29 is 13.6 Å². The van der Waals surface area contributed by atoms with Crippen molar-refractivity contribution >= 4 is 17.5 Å². The average Bonchev–Trinajstić information content (AvgIpc) is 2.28. The number of ketones is 1.